The number of rotatable bonds is 6. The predicted octanol–water partition coefficient (Wildman–Crippen LogP) is 4.34. The van der Waals surface area contributed by atoms with Gasteiger partial charge in [-0.3, -0.25) is 9.36 Å². The van der Waals surface area contributed by atoms with E-state index in [2.05, 4.69) is 36.9 Å². The average Bonchev–Trinajstić information content (AvgIpc) is 3.12. The number of halogens is 2. The number of methoxy groups -OCH3 is 2. The molecule has 1 aliphatic rings. The highest BCUT2D eigenvalue weighted by molar-refractivity contribution is 9.10. The van der Waals surface area contributed by atoms with E-state index in [1.165, 1.54) is 18.4 Å². The normalized spacial score (nSPS) is 15.5. The fraction of sp³-hybridized carbons (Fsp3) is 0.240. The lowest BCUT2D eigenvalue weighted by molar-refractivity contribution is -0.139. The zero-order chi connectivity index (χ0) is 25.3. The monoisotopic (exact) mass is 620 g/mol. The van der Waals surface area contributed by atoms with E-state index in [0.29, 0.717) is 42.1 Å². The maximum Gasteiger partial charge on any atom is 0.338 e. The lowest BCUT2D eigenvalue weighted by atomic mass is 9.95. The van der Waals surface area contributed by atoms with Crippen LogP contribution in [0.25, 0.3) is 6.08 Å². The molecular weight excluding hydrogens is 600 g/mol. The number of benzene rings is 2. The van der Waals surface area contributed by atoms with Gasteiger partial charge in [-0.2, -0.15) is 0 Å². The summed E-state index contributed by atoms with van der Waals surface area (Å²) in [5.41, 5.74) is 2.05. The molecule has 7 nitrogen and oxygen atoms in total. The zero-order valence-corrected chi connectivity index (χ0v) is 23.4. The Morgan fingerprint density at radius 1 is 1.17 bits per heavy atom. The third kappa shape index (κ3) is 4.87. The van der Waals surface area contributed by atoms with E-state index in [0.717, 1.165) is 10.0 Å². The van der Waals surface area contributed by atoms with Crippen LogP contribution in [0.5, 0.6) is 11.5 Å². The molecule has 182 valence electrons. The molecule has 0 bridgehead atoms. The molecule has 0 amide bonds. The first kappa shape index (κ1) is 25.4. The van der Waals surface area contributed by atoms with Gasteiger partial charge in [0.25, 0.3) is 5.56 Å². The van der Waals surface area contributed by atoms with E-state index in [1.807, 2.05) is 30.3 Å². The maximum absolute atomic E-state index is 13.7. The number of esters is 1. The molecule has 0 saturated heterocycles. The number of nitrogens with zero attached hydrogens (tertiary/aromatic N) is 2. The van der Waals surface area contributed by atoms with E-state index in [-0.39, 0.29) is 12.2 Å². The highest BCUT2D eigenvalue weighted by Gasteiger charge is 2.35. The SMILES string of the molecule is CCOC(=O)C1=C(C)N=c2s/c(=C\c3cccc(Br)c3)c(=O)n2[C@H]1c1cc(OC)c(OC)cc1Br. The smallest absolute Gasteiger partial charge is 0.338 e. The molecule has 1 atom stereocenters. The summed E-state index contributed by atoms with van der Waals surface area (Å²) in [7, 11) is 3.08. The summed E-state index contributed by atoms with van der Waals surface area (Å²) in [6.07, 6.45) is 1.82. The molecule has 10 heteroatoms. The second-order valence-corrected chi connectivity index (χ2v) is 10.4. The summed E-state index contributed by atoms with van der Waals surface area (Å²) in [4.78, 5) is 31.9. The van der Waals surface area contributed by atoms with Crippen LogP contribution < -0.4 is 24.4 Å². The number of carbonyl (C=O) groups excluding carboxylic acids is 1. The molecule has 4 rings (SSSR count). The molecule has 0 radical (unpaired) electrons. The minimum Gasteiger partial charge on any atom is -0.493 e. The molecule has 2 heterocycles. The maximum atomic E-state index is 13.7. The van der Waals surface area contributed by atoms with Crippen molar-refractivity contribution in [3.05, 3.63) is 87.4 Å². The first-order valence-corrected chi connectivity index (χ1v) is 13.1. The van der Waals surface area contributed by atoms with E-state index in [1.54, 1.807) is 37.7 Å². The highest BCUT2D eigenvalue weighted by Crippen LogP contribution is 2.40. The van der Waals surface area contributed by atoms with Gasteiger partial charge in [-0.1, -0.05) is 55.3 Å². The largest absolute Gasteiger partial charge is 0.493 e. The fourth-order valence-corrected chi connectivity index (χ4v) is 5.92. The molecule has 0 saturated carbocycles. The van der Waals surface area contributed by atoms with Gasteiger partial charge in [0.05, 0.1) is 42.7 Å². The van der Waals surface area contributed by atoms with Crippen molar-refractivity contribution in [2.24, 2.45) is 4.99 Å². The fourth-order valence-electron chi connectivity index (χ4n) is 3.91. The molecule has 1 aromatic heterocycles. The summed E-state index contributed by atoms with van der Waals surface area (Å²) in [5, 5.41) is 0. The Bertz CT molecular complexity index is 1520. The number of fused-ring (bicyclic) bond motifs is 1. The minimum absolute atomic E-state index is 0.197. The van der Waals surface area contributed by atoms with E-state index in [9.17, 15) is 9.59 Å². The van der Waals surface area contributed by atoms with Gasteiger partial charge in [0.1, 0.15) is 0 Å². The molecule has 1 aliphatic heterocycles. The van der Waals surface area contributed by atoms with E-state index in [4.69, 9.17) is 14.2 Å². The minimum atomic E-state index is -0.774. The Morgan fingerprint density at radius 3 is 2.54 bits per heavy atom. The quantitative estimate of drug-likeness (QED) is 0.383. The van der Waals surface area contributed by atoms with Crippen LogP contribution in [0, 0.1) is 0 Å². The van der Waals surface area contributed by atoms with Crippen LogP contribution in [0.15, 0.2) is 66.4 Å². The number of hydrogen-bond acceptors (Lipinski definition) is 7. The second kappa shape index (κ2) is 10.5. The Morgan fingerprint density at radius 2 is 1.89 bits per heavy atom. The van der Waals surface area contributed by atoms with Crippen molar-refractivity contribution in [3.63, 3.8) is 0 Å². The summed E-state index contributed by atoms with van der Waals surface area (Å²) >= 11 is 8.34. The first-order chi connectivity index (χ1) is 16.8. The lowest BCUT2D eigenvalue weighted by Crippen LogP contribution is -2.40. The summed E-state index contributed by atoms with van der Waals surface area (Å²) in [5.74, 6) is 0.463. The van der Waals surface area contributed by atoms with Crippen LogP contribution in [0.3, 0.4) is 0 Å². The van der Waals surface area contributed by atoms with Gasteiger partial charge in [-0.15, -0.1) is 0 Å². The van der Waals surface area contributed by atoms with Crippen molar-refractivity contribution in [1.82, 2.24) is 4.57 Å². The third-order valence-corrected chi connectivity index (χ3v) is 7.62. The molecule has 0 aliphatic carbocycles. The summed E-state index contributed by atoms with van der Waals surface area (Å²) in [6, 6.07) is 10.4. The van der Waals surface area contributed by atoms with Crippen molar-refractivity contribution in [2.45, 2.75) is 19.9 Å². The molecule has 35 heavy (non-hydrogen) atoms. The second-order valence-electron chi connectivity index (χ2n) is 7.59. The van der Waals surface area contributed by atoms with Crippen LogP contribution in [0.1, 0.15) is 31.0 Å². The van der Waals surface area contributed by atoms with Gasteiger partial charge in [0.15, 0.2) is 16.3 Å². The average molecular weight is 622 g/mol. The van der Waals surface area contributed by atoms with Crippen molar-refractivity contribution in [1.29, 1.82) is 0 Å². The predicted molar refractivity (Wildman–Crippen MR) is 142 cm³/mol. The summed E-state index contributed by atoms with van der Waals surface area (Å²) in [6.45, 7) is 3.68. The van der Waals surface area contributed by atoms with Crippen LogP contribution in [0.2, 0.25) is 0 Å². The van der Waals surface area contributed by atoms with Crippen LogP contribution in [0.4, 0.5) is 0 Å². The van der Waals surface area contributed by atoms with Crippen LogP contribution in [-0.2, 0) is 9.53 Å². The van der Waals surface area contributed by atoms with Crippen molar-refractivity contribution in [3.8, 4) is 11.5 Å². The number of ether oxygens (including phenoxy) is 3. The Hall–Kier alpha value is -2.69. The van der Waals surface area contributed by atoms with Gasteiger partial charge in [0.2, 0.25) is 0 Å². The van der Waals surface area contributed by atoms with Gasteiger partial charge in [0, 0.05) is 8.95 Å². The first-order valence-electron chi connectivity index (χ1n) is 10.7. The van der Waals surface area contributed by atoms with Crippen molar-refractivity contribution < 1.29 is 19.0 Å². The molecule has 0 N–H and O–H groups in total. The number of hydrogen-bond donors (Lipinski definition) is 0. The molecule has 3 aromatic rings. The van der Waals surface area contributed by atoms with Gasteiger partial charge in [-0.25, -0.2) is 9.79 Å². The van der Waals surface area contributed by atoms with E-state index < -0.39 is 12.0 Å². The number of carbonyl (C=O) groups is 1. The zero-order valence-electron chi connectivity index (χ0n) is 19.4. The topological polar surface area (TPSA) is 79.1 Å². The number of allylic oxidation sites excluding steroid dienone is 1. The molecule has 2 aromatic carbocycles. The number of thiazole rings is 1. The molecular formula is C25H22Br2N2O5S. The standard InChI is InChI=1S/C25H22Br2N2O5S/c1-5-34-24(31)21-13(2)28-25-29(22(21)16-11-18(32-3)19(33-4)12-17(16)27)23(30)20(35-25)10-14-7-6-8-15(26)9-14/h6-12,22H,5H2,1-4H3/b20-10-/t22-/m0/s1. The van der Waals surface area contributed by atoms with Gasteiger partial charge >= 0.3 is 5.97 Å². The Balaban J connectivity index is 2.02. The van der Waals surface area contributed by atoms with Gasteiger partial charge < -0.3 is 14.2 Å². The lowest BCUT2D eigenvalue weighted by Gasteiger charge is -2.26. The Kier molecular flexibility index (Phi) is 7.63. The number of aromatic nitrogens is 1. The van der Waals surface area contributed by atoms with Crippen molar-refractivity contribution >= 4 is 55.2 Å². The molecule has 0 unspecified atom stereocenters. The Labute approximate surface area is 222 Å². The van der Waals surface area contributed by atoms with Crippen molar-refractivity contribution in [2.75, 3.05) is 20.8 Å². The van der Waals surface area contributed by atoms with Crippen LogP contribution in [-0.4, -0.2) is 31.4 Å². The van der Waals surface area contributed by atoms with Crippen LogP contribution >= 0.6 is 43.2 Å². The van der Waals surface area contributed by atoms with Gasteiger partial charge in [-0.05, 0) is 55.3 Å². The molecule has 0 fully saturated rings. The third-order valence-electron chi connectivity index (χ3n) is 5.46. The molecule has 0 spiro atoms. The van der Waals surface area contributed by atoms with E-state index >= 15 is 0 Å². The highest BCUT2D eigenvalue weighted by atomic mass is 79.9. The summed E-state index contributed by atoms with van der Waals surface area (Å²) < 4.78 is 19.9.